The van der Waals surface area contributed by atoms with E-state index in [-0.39, 0.29) is 0 Å². The molecule has 2 heteroatoms. The fourth-order valence-electron chi connectivity index (χ4n) is 3.08. The Morgan fingerprint density at radius 1 is 1.05 bits per heavy atom. The standard InChI is InChI=1S/C18H18F2/c1-2-12-3-5-13(6-4-12)15-8-7-14-9-10-17(19)18(20)16(14)11-15/h3-6,9-10,15H,2,7-8,11H2,1H3. The predicted octanol–water partition coefficient (Wildman–Crippen LogP) is 4.80. The molecule has 2 aromatic carbocycles. The maximum absolute atomic E-state index is 13.9. The highest BCUT2D eigenvalue weighted by atomic mass is 19.2. The molecule has 0 nitrogen and oxygen atoms in total. The van der Waals surface area contributed by atoms with E-state index in [1.54, 1.807) is 6.07 Å². The van der Waals surface area contributed by atoms with Gasteiger partial charge in [0.25, 0.3) is 0 Å². The van der Waals surface area contributed by atoms with Gasteiger partial charge >= 0.3 is 0 Å². The van der Waals surface area contributed by atoms with Crippen molar-refractivity contribution in [3.05, 3.63) is 70.3 Å². The van der Waals surface area contributed by atoms with Crippen LogP contribution in [0.4, 0.5) is 8.78 Å². The van der Waals surface area contributed by atoms with E-state index < -0.39 is 11.6 Å². The molecule has 0 amide bonds. The molecule has 104 valence electrons. The summed E-state index contributed by atoms with van der Waals surface area (Å²) in [6, 6.07) is 11.5. The molecule has 0 aromatic heterocycles. The van der Waals surface area contributed by atoms with Gasteiger partial charge in [0.05, 0.1) is 0 Å². The SMILES string of the molecule is CCc1ccc(C2CCc3ccc(F)c(F)c3C2)cc1. The van der Waals surface area contributed by atoms with Crippen LogP contribution in [0.3, 0.4) is 0 Å². The van der Waals surface area contributed by atoms with Crippen LogP contribution in [0.1, 0.15) is 41.5 Å². The molecule has 2 aromatic rings. The zero-order valence-electron chi connectivity index (χ0n) is 11.6. The smallest absolute Gasteiger partial charge is 0.162 e. The third kappa shape index (κ3) is 2.35. The van der Waals surface area contributed by atoms with E-state index in [9.17, 15) is 8.78 Å². The van der Waals surface area contributed by atoms with E-state index in [0.717, 1.165) is 24.8 Å². The molecule has 3 rings (SSSR count). The molecule has 1 aliphatic rings. The van der Waals surface area contributed by atoms with Crippen molar-refractivity contribution in [2.45, 2.75) is 38.5 Å². The Morgan fingerprint density at radius 3 is 2.50 bits per heavy atom. The molecule has 0 fully saturated rings. The number of rotatable bonds is 2. The highest BCUT2D eigenvalue weighted by molar-refractivity contribution is 5.36. The summed E-state index contributed by atoms with van der Waals surface area (Å²) in [6.07, 6.45) is 3.45. The summed E-state index contributed by atoms with van der Waals surface area (Å²) in [5, 5.41) is 0. The number of fused-ring (bicyclic) bond motifs is 1. The molecule has 1 atom stereocenters. The van der Waals surface area contributed by atoms with Crippen LogP contribution in [0.5, 0.6) is 0 Å². The quantitative estimate of drug-likeness (QED) is 0.736. The Bertz CT molecular complexity index is 614. The van der Waals surface area contributed by atoms with Gasteiger partial charge in [-0.2, -0.15) is 0 Å². The zero-order valence-corrected chi connectivity index (χ0v) is 11.6. The van der Waals surface area contributed by atoms with Crippen LogP contribution in [0.25, 0.3) is 0 Å². The van der Waals surface area contributed by atoms with Gasteiger partial charge in [-0.15, -0.1) is 0 Å². The molecule has 0 saturated heterocycles. The largest absolute Gasteiger partial charge is 0.204 e. The van der Waals surface area contributed by atoms with Crippen LogP contribution >= 0.6 is 0 Å². The molecule has 0 bridgehead atoms. The zero-order chi connectivity index (χ0) is 14.1. The van der Waals surface area contributed by atoms with Crippen molar-refractivity contribution < 1.29 is 8.78 Å². The van der Waals surface area contributed by atoms with E-state index in [2.05, 4.69) is 31.2 Å². The second-order valence-corrected chi connectivity index (χ2v) is 5.53. The second kappa shape index (κ2) is 5.35. The minimum atomic E-state index is -0.731. The molecular weight excluding hydrogens is 254 g/mol. The third-order valence-electron chi connectivity index (χ3n) is 4.37. The summed E-state index contributed by atoms with van der Waals surface area (Å²) in [4.78, 5) is 0. The van der Waals surface area contributed by atoms with E-state index in [1.165, 1.54) is 17.2 Å². The Balaban J connectivity index is 1.89. The van der Waals surface area contributed by atoms with Gasteiger partial charge in [0.2, 0.25) is 0 Å². The maximum atomic E-state index is 13.9. The molecule has 0 radical (unpaired) electrons. The molecular formula is C18H18F2. The highest BCUT2D eigenvalue weighted by Crippen LogP contribution is 2.34. The van der Waals surface area contributed by atoms with Crippen molar-refractivity contribution in [2.75, 3.05) is 0 Å². The molecule has 20 heavy (non-hydrogen) atoms. The monoisotopic (exact) mass is 272 g/mol. The van der Waals surface area contributed by atoms with Crippen molar-refractivity contribution >= 4 is 0 Å². The number of benzene rings is 2. The normalized spacial score (nSPS) is 17.9. The maximum Gasteiger partial charge on any atom is 0.162 e. The second-order valence-electron chi connectivity index (χ2n) is 5.53. The first-order valence-corrected chi connectivity index (χ1v) is 7.23. The Hall–Kier alpha value is -1.70. The summed E-state index contributed by atoms with van der Waals surface area (Å²) in [5.41, 5.74) is 4.07. The molecule has 0 N–H and O–H groups in total. The van der Waals surface area contributed by atoms with Crippen LogP contribution in [-0.4, -0.2) is 0 Å². The molecule has 0 saturated carbocycles. The van der Waals surface area contributed by atoms with Gasteiger partial charge in [0.1, 0.15) is 0 Å². The number of halogens is 2. The fraction of sp³-hybridized carbons (Fsp3) is 0.333. The van der Waals surface area contributed by atoms with Gasteiger partial charge in [-0.3, -0.25) is 0 Å². The predicted molar refractivity (Wildman–Crippen MR) is 76.9 cm³/mol. The van der Waals surface area contributed by atoms with Gasteiger partial charge in [0.15, 0.2) is 11.6 Å². The van der Waals surface area contributed by atoms with Gasteiger partial charge in [0, 0.05) is 0 Å². The highest BCUT2D eigenvalue weighted by Gasteiger charge is 2.24. The van der Waals surface area contributed by atoms with E-state index in [1.807, 2.05) is 0 Å². The van der Waals surface area contributed by atoms with Crippen molar-refractivity contribution in [2.24, 2.45) is 0 Å². The van der Waals surface area contributed by atoms with Crippen LogP contribution < -0.4 is 0 Å². The lowest BCUT2D eigenvalue weighted by atomic mass is 9.80. The van der Waals surface area contributed by atoms with E-state index in [4.69, 9.17) is 0 Å². The lowest BCUT2D eigenvalue weighted by Crippen LogP contribution is -2.15. The molecule has 1 unspecified atom stereocenters. The number of hydrogen-bond acceptors (Lipinski definition) is 0. The first-order valence-electron chi connectivity index (χ1n) is 7.23. The van der Waals surface area contributed by atoms with Crippen molar-refractivity contribution in [3.8, 4) is 0 Å². The molecule has 0 heterocycles. The summed E-state index contributed by atoms with van der Waals surface area (Å²) < 4.78 is 27.3. The number of hydrogen-bond donors (Lipinski definition) is 0. The Kier molecular flexibility index (Phi) is 3.56. The fourth-order valence-corrected chi connectivity index (χ4v) is 3.08. The minimum Gasteiger partial charge on any atom is -0.204 e. The Morgan fingerprint density at radius 2 is 1.80 bits per heavy atom. The summed E-state index contributed by atoms with van der Waals surface area (Å²) in [5.74, 6) is -1.09. The van der Waals surface area contributed by atoms with Gasteiger partial charge in [-0.25, -0.2) is 8.78 Å². The third-order valence-corrected chi connectivity index (χ3v) is 4.37. The van der Waals surface area contributed by atoms with Crippen molar-refractivity contribution in [1.29, 1.82) is 0 Å². The van der Waals surface area contributed by atoms with E-state index in [0.29, 0.717) is 17.9 Å². The average molecular weight is 272 g/mol. The summed E-state index contributed by atoms with van der Waals surface area (Å²) >= 11 is 0. The topological polar surface area (TPSA) is 0 Å². The lowest BCUT2D eigenvalue weighted by Gasteiger charge is -2.25. The average Bonchev–Trinajstić information content (AvgIpc) is 2.51. The summed E-state index contributed by atoms with van der Waals surface area (Å²) in [6.45, 7) is 2.13. The lowest BCUT2D eigenvalue weighted by molar-refractivity contribution is 0.476. The Labute approximate surface area is 118 Å². The van der Waals surface area contributed by atoms with Crippen LogP contribution in [0, 0.1) is 11.6 Å². The van der Waals surface area contributed by atoms with Crippen LogP contribution in [0.15, 0.2) is 36.4 Å². The minimum absolute atomic E-state index is 0.296. The number of aryl methyl sites for hydroxylation is 2. The van der Waals surface area contributed by atoms with Crippen LogP contribution in [0.2, 0.25) is 0 Å². The van der Waals surface area contributed by atoms with Crippen molar-refractivity contribution in [1.82, 2.24) is 0 Å². The first-order chi connectivity index (χ1) is 9.69. The van der Waals surface area contributed by atoms with Gasteiger partial charge in [-0.05, 0) is 59.9 Å². The molecule has 1 aliphatic carbocycles. The van der Waals surface area contributed by atoms with Gasteiger partial charge in [-0.1, -0.05) is 37.3 Å². The van der Waals surface area contributed by atoms with Crippen LogP contribution in [-0.2, 0) is 19.3 Å². The van der Waals surface area contributed by atoms with Crippen molar-refractivity contribution in [3.63, 3.8) is 0 Å². The molecule has 0 spiro atoms. The van der Waals surface area contributed by atoms with Gasteiger partial charge < -0.3 is 0 Å². The first kappa shape index (κ1) is 13.3. The van der Waals surface area contributed by atoms with E-state index >= 15 is 0 Å². The summed E-state index contributed by atoms with van der Waals surface area (Å²) in [7, 11) is 0. The molecule has 0 aliphatic heterocycles.